The Bertz CT molecular complexity index is 970. The molecule has 1 unspecified atom stereocenters. The lowest BCUT2D eigenvalue weighted by Gasteiger charge is -2.15. The van der Waals surface area contributed by atoms with Crippen molar-refractivity contribution in [2.75, 3.05) is 0 Å². The number of nitrogens with zero attached hydrogens (tertiary/aromatic N) is 1. The summed E-state index contributed by atoms with van der Waals surface area (Å²) in [5.41, 5.74) is 5.33. The fraction of sp³-hybridized carbons (Fsp3) is 0.105. The van der Waals surface area contributed by atoms with E-state index in [-0.39, 0.29) is 5.75 Å². The van der Waals surface area contributed by atoms with Gasteiger partial charge in [-0.2, -0.15) is 0 Å². The van der Waals surface area contributed by atoms with Crippen LogP contribution in [0.3, 0.4) is 0 Å². The maximum atomic E-state index is 13.5. The minimum atomic E-state index is -0.990. The van der Waals surface area contributed by atoms with Crippen molar-refractivity contribution >= 4 is 39.4 Å². The minimum absolute atomic E-state index is 0.0396. The molecule has 2 aromatic carbocycles. The lowest BCUT2D eigenvalue weighted by Crippen LogP contribution is -2.46. The summed E-state index contributed by atoms with van der Waals surface area (Å²) in [6.07, 6.45) is 1.83. The maximum Gasteiger partial charge on any atom is 0.279 e. The molecule has 0 saturated heterocycles. The number of fused-ring (bicyclic) bond motifs is 1. The largest absolute Gasteiger partial charge is 0.478 e. The zero-order valence-electron chi connectivity index (χ0n) is 14.3. The molecule has 1 atom stereocenters. The van der Waals surface area contributed by atoms with E-state index < -0.39 is 23.7 Å². The Balaban J connectivity index is 1.50. The van der Waals surface area contributed by atoms with Gasteiger partial charge in [-0.15, -0.1) is 11.3 Å². The van der Waals surface area contributed by atoms with Gasteiger partial charge in [-0.3, -0.25) is 20.4 Å². The number of nitrogens with one attached hydrogen (secondary N) is 2. The fourth-order valence-corrected chi connectivity index (χ4v) is 3.03. The molecule has 3 aromatic rings. The van der Waals surface area contributed by atoms with Crippen molar-refractivity contribution < 1.29 is 18.7 Å². The predicted octanol–water partition coefficient (Wildman–Crippen LogP) is 3.06. The summed E-state index contributed by atoms with van der Waals surface area (Å²) in [7, 11) is 0. The highest BCUT2D eigenvalue weighted by Crippen LogP contribution is 2.22. The van der Waals surface area contributed by atoms with Crippen molar-refractivity contribution in [2.45, 2.75) is 13.0 Å². The summed E-state index contributed by atoms with van der Waals surface area (Å²) in [4.78, 5) is 28.2. The first-order valence-corrected chi connectivity index (χ1v) is 8.89. The molecule has 27 heavy (non-hydrogen) atoms. The number of hydrogen-bond acceptors (Lipinski definition) is 5. The third-order valence-corrected chi connectivity index (χ3v) is 4.51. The molecule has 0 aliphatic heterocycles. The van der Waals surface area contributed by atoms with E-state index in [1.807, 2.05) is 24.3 Å². The molecular weight excluding hydrogens is 369 g/mol. The van der Waals surface area contributed by atoms with Gasteiger partial charge < -0.3 is 4.74 Å². The summed E-state index contributed by atoms with van der Waals surface area (Å²) in [5.74, 6) is -1.75. The number of carbonyl (C=O) groups is 2. The summed E-state index contributed by atoms with van der Waals surface area (Å²) in [6, 6.07) is 13.4. The molecule has 138 valence electrons. The van der Waals surface area contributed by atoms with E-state index in [0.29, 0.717) is 5.01 Å². The number of halogens is 1. The molecule has 3 rings (SSSR count). The summed E-state index contributed by atoms with van der Waals surface area (Å²) in [6.45, 7) is 1.45. The van der Waals surface area contributed by atoms with E-state index >= 15 is 0 Å². The number of hydrazine groups is 1. The molecule has 1 aromatic heterocycles. The smallest absolute Gasteiger partial charge is 0.279 e. The quantitative estimate of drug-likeness (QED) is 0.523. The number of para-hydroxylation sites is 2. The molecule has 8 heteroatoms. The second kappa shape index (κ2) is 8.41. The molecule has 1 heterocycles. The van der Waals surface area contributed by atoms with Crippen molar-refractivity contribution in [3.63, 3.8) is 0 Å². The number of rotatable bonds is 5. The Morgan fingerprint density at radius 2 is 1.89 bits per heavy atom. The third-order valence-electron chi connectivity index (χ3n) is 3.51. The molecule has 0 spiro atoms. The topological polar surface area (TPSA) is 80.3 Å². The lowest BCUT2D eigenvalue weighted by atomic mass is 10.3. The first kappa shape index (κ1) is 18.5. The average Bonchev–Trinajstić information content (AvgIpc) is 3.09. The van der Waals surface area contributed by atoms with Crippen LogP contribution in [0.25, 0.3) is 16.3 Å². The van der Waals surface area contributed by atoms with Gasteiger partial charge in [-0.25, -0.2) is 9.37 Å². The van der Waals surface area contributed by atoms with Crippen LogP contribution in [-0.2, 0) is 9.59 Å². The molecule has 2 amide bonds. The van der Waals surface area contributed by atoms with Crippen molar-refractivity contribution in [1.82, 2.24) is 15.8 Å². The Hall–Kier alpha value is -3.26. The van der Waals surface area contributed by atoms with Gasteiger partial charge in [0.1, 0.15) is 5.01 Å². The van der Waals surface area contributed by atoms with Crippen LogP contribution in [0.4, 0.5) is 4.39 Å². The average molecular weight is 385 g/mol. The number of aromatic nitrogens is 1. The molecule has 0 saturated carbocycles. The van der Waals surface area contributed by atoms with E-state index in [1.54, 1.807) is 12.1 Å². The zero-order chi connectivity index (χ0) is 19.2. The zero-order valence-corrected chi connectivity index (χ0v) is 15.1. The van der Waals surface area contributed by atoms with Crippen molar-refractivity contribution in [3.05, 3.63) is 65.4 Å². The van der Waals surface area contributed by atoms with Gasteiger partial charge >= 0.3 is 0 Å². The van der Waals surface area contributed by atoms with E-state index in [4.69, 9.17) is 4.74 Å². The second-order valence-corrected chi connectivity index (χ2v) is 6.58. The first-order valence-electron chi connectivity index (χ1n) is 8.07. The predicted molar refractivity (Wildman–Crippen MR) is 101 cm³/mol. The van der Waals surface area contributed by atoms with Crippen LogP contribution >= 0.6 is 11.3 Å². The molecule has 0 fully saturated rings. The monoisotopic (exact) mass is 385 g/mol. The third kappa shape index (κ3) is 4.89. The minimum Gasteiger partial charge on any atom is -0.478 e. The molecule has 0 aliphatic carbocycles. The van der Waals surface area contributed by atoms with E-state index in [0.717, 1.165) is 10.2 Å². The summed E-state index contributed by atoms with van der Waals surface area (Å²) in [5, 5.41) is 0.675. The molecular formula is C19H16FN3O3S. The van der Waals surface area contributed by atoms with Crippen LogP contribution < -0.4 is 15.6 Å². The standard InChI is InChI=1S/C19H16FN3O3S/c1-12(26-15-8-4-2-6-13(15)20)19(25)23-22-17(24)10-11-18-21-14-7-3-5-9-16(14)27-18/h2-12H,1H3,(H,22,24)(H,23,25)/b11-10+. The summed E-state index contributed by atoms with van der Waals surface area (Å²) >= 11 is 1.45. The number of hydrogen-bond donors (Lipinski definition) is 2. The number of benzene rings is 2. The molecule has 0 bridgehead atoms. The van der Waals surface area contributed by atoms with Gasteiger partial charge in [-0.1, -0.05) is 24.3 Å². The molecule has 0 aliphatic rings. The van der Waals surface area contributed by atoms with Gasteiger partial charge in [0.2, 0.25) is 0 Å². The highest BCUT2D eigenvalue weighted by molar-refractivity contribution is 7.19. The second-order valence-electron chi connectivity index (χ2n) is 5.52. The van der Waals surface area contributed by atoms with E-state index in [9.17, 15) is 14.0 Å². The normalized spacial score (nSPS) is 12.1. The Labute approximate surface area is 158 Å². The van der Waals surface area contributed by atoms with Crippen LogP contribution in [0.2, 0.25) is 0 Å². The Kier molecular flexibility index (Phi) is 5.77. The van der Waals surface area contributed by atoms with Crippen LogP contribution in [0.5, 0.6) is 5.75 Å². The summed E-state index contributed by atoms with van der Waals surface area (Å²) < 4.78 is 19.8. The first-order chi connectivity index (χ1) is 13.0. The maximum absolute atomic E-state index is 13.5. The Morgan fingerprint density at radius 3 is 2.67 bits per heavy atom. The SMILES string of the molecule is CC(Oc1ccccc1F)C(=O)NNC(=O)/C=C/c1nc2ccccc2s1. The number of amides is 2. The van der Waals surface area contributed by atoms with E-state index in [1.165, 1.54) is 42.5 Å². The van der Waals surface area contributed by atoms with Crippen LogP contribution in [0, 0.1) is 5.82 Å². The van der Waals surface area contributed by atoms with Gasteiger partial charge in [0.25, 0.3) is 11.8 Å². The molecule has 6 nitrogen and oxygen atoms in total. The van der Waals surface area contributed by atoms with Crippen LogP contribution in [0.15, 0.2) is 54.6 Å². The molecule has 0 radical (unpaired) electrons. The van der Waals surface area contributed by atoms with Crippen LogP contribution in [-0.4, -0.2) is 22.9 Å². The number of carbonyl (C=O) groups excluding carboxylic acids is 2. The Morgan fingerprint density at radius 1 is 1.15 bits per heavy atom. The van der Waals surface area contributed by atoms with Gasteiger partial charge in [-0.05, 0) is 37.3 Å². The fourth-order valence-electron chi connectivity index (χ4n) is 2.16. The number of ether oxygens (including phenoxy) is 1. The number of thiazole rings is 1. The highest BCUT2D eigenvalue weighted by atomic mass is 32.1. The van der Waals surface area contributed by atoms with Crippen molar-refractivity contribution in [1.29, 1.82) is 0 Å². The van der Waals surface area contributed by atoms with Crippen molar-refractivity contribution in [2.24, 2.45) is 0 Å². The van der Waals surface area contributed by atoms with E-state index in [2.05, 4.69) is 15.8 Å². The van der Waals surface area contributed by atoms with Crippen LogP contribution in [0.1, 0.15) is 11.9 Å². The van der Waals surface area contributed by atoms with Gasteiger partial charge in [0.15, 0.2) is 17.7 Å². The highest BCUT2D eigenvalue weighted by Gasteiger charge is 2.16. The van der Waals surface area contributed by atoms with Gasteiger partial charge in [0.05, 0.1) is 10.2 Å². The van der Waals surface area contributed by atoms with Crippen molar-refractivity contribution in [3.8, 4) is 5.75 Å². The molecule has 2 N–H and O–H groups in total. The lowest BCUT2D eigenvalue weighted by molar-refractivity contribution is -0.131. The van der Waals surface area contributed by atoms with Gasteiger partial charge in [0, 0.05) is 6.08 Å².